The lowest BCUT2D eigenvalue weighted by atomic mass is 9.59. The summed E-state index contributed by atoms with van der Waals surface area (Å²) in [6.45, 7) is 13.4. The highest BCUT2D eigenvalue weighted by Gasteiger charge is 2.63. The summed E-state index contributed by atoms with van der Waals surface area (Å²) in [7, 11) is 0. The summed E-state index contributed by atoms with van der Waals surface area (Å²) in [5.74, 6) is -0.976. The molecule has 3 aliphatic carbocycles. The number of hydrogen-bond donors (Lipinski definition) is 2. The van der Waals surface area contributed by atoms with Gasteiger partial charge in [-0.3, -0.25) is 9.59 Å². The summed E-state index contributed by atoms with van der Waals surface area (Å²) >= 11 is 0. The van der Waals surface area contributed by atoms with E-state index in [-0.39, 0.29) is 34.9 Å². The molecule has 0 bridgehead atoms. The normalized spacial score (nSPS) is 47.4. The fourth-order valence-electron chi connectivity index (χ4n) is 6.38. The molecule has 5 heteroatoms. The quantitative estimate of drug-likeness (QED) is 0.570. The van der Waals surface area contributed by atoms with Crippen LogP contribution in [0.4, 0.5) is 0 Å². The Bertz CT molecular complexity index is 655. The molecule has 0 radical (unpaired) electrons. The molecule has 0 heterocycles. The number of ether oxygens (including phenoxy) is 1. The molecule has 0 aliphatic heterocycles. The minimum atomic E-state index is -1.02. The van der Waals surface area contributed by atoms with Gasteiger partial charge in [-0.2, -0.15) is 0 Å². The van der Waals surface area contributed by atoms with Crippen LogP contribution in [0.3, 0.4) is 0 Å². The van der Waals surface area contributed by atoms with E-state index in [1.54, 1.807) is 0 Å². The maximum atomic E-state index is 12.4. The van der Waals surface area contributed by atoms with Crippen LogP contribution in [0, 0.1) is 35.0 Å². The van der Waals surface area contributed by atoms with Crippen LogP contribution >= 0.6 is 0 Å². The third-order valence-corrected chi connectivity index (χ3v) is 7.99. The smallest absolute Gasteiger partial charge is 0.303 e. The van der Waals surface area contributed by atoms with Gasteiger partial charge in [-0.15, -0.1) is 0 Å². The zero-order chi connectivity index (χ0) is 20.3. The van der Waals surface area contributed by atoms with Crippen molar-refractivity contribution < 1.29 is 24.5 Å². The summed E-state index contributed by atoms with van der Waals surface area (Å²) < 4.78 is 5.62. The van der Waals surface area contributed by atoms with Gasteiger partial charge in [-0.25, -0.2) is 0 Å². The molecule has 0 spiro atoms. The first-order chi connectivity index (χ1) is 12.4. The second kappa shape index (κ2) is 6.70. The zero-order valence-corrected chi connectivity index (χ0v) is 17.2. The van der Waals surface area contributed by atoms with E-state index in [9.17, 15) is 19.8 Å². The Morgan fingerprint density at radius 3 is 2.52 bits per heavy atom. The Balaban J connectivity index is 2.11. The highest BCUT2D eigenvalue weighted by atomic mass is 16.6. The van der Waals surface area contributed by atoms with Crippen molar-refractivity contribution in [3.63, 3.8) is 0 Å². The molecule has 3 fully saturated rings. The second-order valence-electron chi connectivity index (χ2n) is 9.83. The van der Waals surface area contributed by atoms with Crippen LogP contribution in [0.25, 0.3) is 0 Å². The van der Waals surface area contributed by atoms with Gasteiger partial charge in [-0.05, 0) is 53.9 Å². The van der Waals surface area contributed by atoms with Crippen LogP contribution in [-0.4, -0.2) is 39.8 Å². The Morgan fingerprint density at radius 1 is 1.33 bits per heavy atom. The molecular weight excluding hydrogens is 344 g/mol. The SMILES string of the molecule is C=C1C(=O)C[C@H]2[C@@H](C)[C@H](OC(C)=O)[C@H](O)[C@@H]3[C@](C)(CC[C@@]3(O)C(C)C)C[C@@H]12. The summed E-state index contributed by atoms with van der Waals surface area (Å²) in [6, 6.07) is 0. The molecule has 0 unspecified atom stereocenters. The van der Waals surface area contributed by atoms with Gasteiger partial charge in [0.05, 0.1) is 11.7 Å². The van der Waals surface area contributed by atoms with Gasteiger partial charge in [0.2, 0.25) is 0 Å². The molecule has 152 valence electrons. The number of aliphatic hydroxyl groups excluding tert-OH is 1. The summed E-state index contributed by atoms with van der Waals surface area (Å²) in [6.07, 6.45) is 0.799. The fourth-order valence-corrected chi connectivity index (χ4v) is 6.38. The van der Waals surface area contributed by atoms with E-state index in [2.05, 4.69) is 13.5 Å². The van der Waals surface area contributed by atoms with Crippen molar-refractivity contribution in [3.8, 4) is 0 Å². The van der Waals surface area contributed by atoms with Gasteiger partial charge in [0.25, 0.3) is 0 Å². The Hall–Kier alpha value is -1.20. The Morgan fingerprint density at radius 2 is 1.96 bits per heavy atom. The summed E-state index contributed by atoms with van der Waals surface area (Å²) in [4.78, 5) is 24.2. The molecule has 27 heavy (non-hydrogen) atoms. The van der Waals surface area contributed by atoms with Crippen molar-refractivity contribution in [1.82, 2.24) is 0 Å². The monoisotopic (exact) mass is 378 g/mol. The van der Waals surface area contributed by atoms with E-state index >= 15 is 0 Å². The first kappa shape index (κ1) is 20.5. The predicted octanol–water partition coefficient (Wildman–Crippen LogP) is 2.88. The minimum absolute atomic E-state index is 0.00881. The number of aliphatic hydroxyl groups is 2. The number of hydrogen-bond acceptors (Lipinski definition) is 5. The molecule has 0 aromatic rings. The highest BCUT2D eigenvalue weighted by molar-refractivity contribution is 5.98. The van der Waals surface area contributed by atoms with Gasteiger partial charge in [0.15, 0.2) is 5.78 Å². The van der Waals surface area contributed by atoms with Crippen molar-refractivity contribution in [1.29, 1.82) is 0 Å². The van der Waals surface area contributed by atoms with Crippen LogP contribution in [0.1, 0.15) is 60.3 Å². The number of esters is 1. The van der Waals surface area contributed by atoms with Crippen LogP contribution in [-0.2, 0) is 14.3 Å². The van der Waals surface area contributed by atoms with Crippen LogP contribution in [0.2, 0.25) is 0 Å². The van der Waals surface area contributed by atoms with Crippen molar-refractivity contribution in [3.05, 3.63) is 12.2 Å². The number of Topliss-reactive ketones (excluding diaryl/α,β-unsaturated/α-hetero) is 1. The lowest BCUT2D eigenvalue weighted by Crippen LogP contribution is -2.57. The molecule has 0 saturated heterocycles. The van der Waals surface area contributed by atoms with Crippen LogP contribution in [0.5, 0.6) is 0 Å². The third-order valence-electron chi connectivity index (χ3n) is 7.99. The third kappa shape index (κ3) is 3.07. The number of ketones is 1. The lowest BCUT2D eigenvalue weighted by molar-refractivity contribution is -0.188. The number of rotatable bonds is 2. The van der Waals surface area contributed by atoms with Gasteiger partial charge < -0.3 is 14.9 Å². The van der Waals surface area contributed by atoms with Crippen LogP contribution in [0.15, 0.2) is 12.2 Å². The molecule has 0 aromatic carbocycles. The average molecular weight is 379 g/mol. The van der Waals surface area contributed by atoms with Gasteiger partial charge >= 0.3 is 5.97 Å². The number of carbonyl (C=O) groups is 2. The Labute approximate surface area is 162 Å². The van der Waals surface area contributed by atoms with Gasteiger partial charge in [0, 0.05) is 19.3 Å². The maximum absolute atomic E-state index is 12.4. The number of carbonyl (C=O) groups excluding carboxylic acids is 2. The molecule has 3 rings (SSSR count). The van der Waals surface area contributed by atoms with Crippen LogP contribution < -0.4 is 0 Å². The van der Waals surface area contributed by atoms with Crippen molar-refractivity contribution in [2.24, 2.45) is 35.0 Å². The largest absolute Gasteiger partial charge is 0.459 e. The van der Waals surface area contributed by atoms with E-state index in [4.69, 9.17) is 4.74 Å². The first-order valence-corrected chi connectivity index (χ1v) is 10.2. The standard InChI is InChI=1S/C22H34O5/c1-11(2)22(26)8-7-21(6)10-16-12(3)17(24)9-15(16)13(4)19(27-14(5)23)18(25)20(21)22/h11,13,15-16,18-20,25-26H,3,7-10H2,1-2,4-6H3/t13-,15+,16+,18+,19+,20-,21-,22-/m1/s1. The zero-order valence-electron chi connectivity index (χ0n) is 17.2. The van der Waals surface area contributed by atoms with Gasteiger partial charge in [-0.1, -0.05) is 34.3 Å². The minimum Gasteiger partial charge on any atom is -0.459 e. The van der Waals surface area contributed by atoms with Crippen molar-refractivity contribution in [2.45, 2.75) is 78.1 Å². The number of fused-ring (bicyclic) bond motifs is 2. The van der Waals surface area contributed by atoms with Crippen molar-refractivity contribution >= 4 is 11.8 Å². The van der Waals surface area contributed by atoms with E-state index in [1.165, 1.54) is 6.92 Å². The molecule has 8 atom stereocenters. The Kier molecular flexibility index (Phi) is 5.09. The van der Waals surface area contributed by atoms with E-state index in [1.807, 2.05) is 20.8 Å². The van der Waals surface area contributed by atoms with E-state index in [0.29, 0.717) is 18.4 Å². The fraction of sp³-hybridized carbons (Fsp3) is 0.818. The van der Waals surface area contributed by atoms with Crippen molar-refractivity contribution in [2.75, 3.05) is 0 Å². The molecule has 0 amide bonds. The number of allylic oxidation sites excluding steroid dienone is 1. The highest BCUT2D eigenvalue weighted by Crippen LogP contribution is 2.61. The molecule has 0 aromatic heterocycles. The molecule has 3 saturated carbocycles. The molecular formula is C22H34O5. The van der Waals surface area contributed by atoms with Gasteiger partial charge in [0.1, 0.15) is 6.10 Å². The van der Waals surface area contributed by atoms with E-state index < -0.39 is 29.7 Å². The molecule has 5 nitrogen and oxygen atoms in total. The molecule has 2 N–H and O–H groups in total. The molecule has 3 aliphatic rings. The predicted molar refractivity (Wildman–Crippen MR) is 102 cm³/mol. The average Bonchev–Trinajstić information content (AvgIpc) is 3.00. The lowest BCUT2D eigenvalue weighted by Gasteiger charge is -2.50. The summed E-state index contributed by atoms with van der Waals surface area (Å²) in [5.41, 5.74) is -0.707. The first-order valence-electron chi connectivity index (χ1n) is 10.2. The maximum Gasteiger partial charge on any atom is 0.303 e. The second-order valence-corrected chi connectivity index (χ2v) is 9.83. The topological polar surface area (TPSA) is 83.8 Å². The van der Waals surface area contributed by atoms with E-state index in [0.717, 1.165) is 12.8 Å². The summed E-state index contributed by atoms with van der Waals surface area (Å²) in [5, 5.41) is 22.9.